The van der Waals surface area contributed by atoms with Crippen LogP contribution < -0.4 is 16.8 Å². The fourth-order valence-electron chi connectivity index (χ4n) is 1.54. The van der Waals surface area contributed by atoms with Crippen LogP contribution >= 0.6 is 11.6 Å². The monoisotopic (exact) mass is 269 g/mol. The highest BCUT2D eigenvalue weighted by Gasteiger charge is 2.18. The molecule has 0 bridgehead atoms. The van der Waals surface area contributed by atoms with E-state index in [1.54, 1.807) is 18.2 Å². The minimum Gasteiger partial charge on any atom is -0.353 e. The Bertz CT molecular complexity index is 658. The van der Waals surface area contributed by atoms with Crippen LogP contribution in [0.1, 0.15) is 11.1 Å². The lowest BCUT2D eigenvalue weighted by Crippen LogP contribution is -1.99. The van der Waals surface area contributed by atoms with E-state index in [-0.39, 0.29) is 16.3 Å². The Kier molecular flexibility index (Phi) is 3.45. The average Bonchev–Trinajstić information content (AvgIpc) is 2.38. The standard InChI is InChI=1S/C13H8ClN5/c1-7-2-4-8(5-3-7)18-11-9(6-15)12(16)19-13(17)10(11)14/h2-5H,1H3,(H,18,19). The zero-order valence-electron chi connectivity index (χ0n) is 9.98. The molecule has 0 aliphatic carbocycles. The Hall–Kier alpha value is -2.45. The molecule has 2 rings (SSSR count). The van der Waals surface area contributed by atoms with E-state index in [2.05, 4.69) is 10.3 Å². The van der Waals surface area contributed by atoms with Gasteiger partial charge in [-0.25, -0.2) is 4.98 Å². The summed E-state index contributed by atoms with van der Waals surface area (Å²) >= 11 is 5.89. The molecule has 5 nitrogen and oxygen atoms in total. The van der Waals surface area contributed by atoms with E-state index >= 15 is 0 Å². The highest BCUT2D eigenvalue weighted by Crippen LogP contribution is 2.36. The van der Waals surface area contributed by atoms with E-state index in [9.17, 15) is 11.5 Å². The SMILES string of the molecule is Cc1ccc(Nc2c(Cl)c([N])nc([N])c2C#N)cc1. The zero-order chi connectivity index (χ0) is 14.0. The number of hydrogen-bond donors (Lipinski definition) is 1. The van der Waals surface area contributed by atoms with E-state index < -0.39 is 11.6 Å². The van der Waals surface area contributed by atoms with Crippen LogP contribution in [0.15, 0.2) is 24.3 Å². The van der Waals surface area contributed by atoms with Gasteiger partial charge in [-0.1, -0.05) is 29.3 Å². The molecule has 6 heteroatoms. The van der Waals surface area contributed by atoms with Gasteiger partial charge in [-0.15, -0.1) is 11.5 Å². The molecular weight excluding hydrogens is 262 g/mol. The third kappa shape index (κ3) is 2.54. The van der Waals surface area contributed by atoms with Crippen LogP contribution in [0.25, 0.3) is 0 Å². The number of benzene rings is 1. The van der Waals surface area contributed by atoms with Gasteiger partial charge >= 0.3 is 0 Å². The van der Waals surface area contributed by atoms with Crippen LogP contribution in [0.4, 0.5) is 23.0 Å². The van der Waals surface area contributed by atoms with Gasteiger partial charge in [-0.2, -0.15) is 5.26 Å². The van der Waals surface area contributed by atoms with Gasteiger partial charge in [0.1, 0.15) is 16.7 Å². The number of nitrogens with zero attached hydrogens (tertiary/aromatic N) is 4. The molecule has 19 heavy (non-hydrogen) atoms. The molecule has 92 valence electrons. The van der Waals surface area contributed by atoms with E-state index in [0.29, 0.717) is 5.69 Å². The Balaban J connectivity index is 2.50. The smallest absolute Gasteiger partial charge is 0.197 e. The molecule has 1 aromatic carbocycles. The highest BCUT2D eigenvalue weighted by molar-refractivity contribution is 6.35. The van der Waals surface area contributed by atoms with Gasteiger partial charge in [0, 0.05) is 5.69 Å². The lowest BCUT2D eigenvalue weighted by Gasteiger charge is -2.11. The van der Waals surface area contributed by atoms with Crippen molar-refractivity contribution in [3.8, 4) is 6.07 Å². The summed E-state index contributed by atoms with van der Waals surface area (Å²) in [5.41, 5.74) is 20.8. The highest BCUT2D eigenvalue weighted by atomic mass is 35.5. The van der Waals surface area contributed by atoms with Gasteiger partial charge in [-0.05, 0) is 19.1 Å². The zero-order valence-corrected chi connectivity index (χ0v) is 10.7. The fraction of sp³-hybridized carbons (Fsp3) is 0.0769. The molecule has 0 saturated carbocycles. The van der Waals surface area contributed by atoms with Gasteiger partial charge in [0.25, 0.3) is 0 Å². The summed E-state index contributed by atoms with van der Waals surface area (Å²) < 4.78 is 0. The Morgan fingerprint density at radius 1 is 1.16 bits per heavy atom. The minimum atomic E-state index is -0.570. The van der Waals surface area contributed by atoms with Crippen molar-refractivity contribution in [3.63, 3.8) is 0 Å². The molecule has 4 radical (unpaired) electrons. The van der Waals surface area contributed by atoms with Crippen molar-refractivity contribution in [2.24, 2.45) is 0 Å². The van der Waals surface area contributed by atoms with Crippen LogP contribution in [0.5, 0.6) is 0 Å². The van der Waals surface area contributed by atoms with E-state index in [1.807, 2.05) is 19.1 Å². The maximum Gasteiger partial charge on any atom is 0.197 e. The van der Waals surface area contributed by atoms with E-state index in [0.717, 1.165) is 5.56 Å². The molecule has 1 N–H and O–H groups in total. The normalized spacial score (nSPS) is 9.95. The number of rotatable bonds is 2. The second-order valence-electron chi connectivity index (χ2n) is 3.93. The van der Waals surface area contributed by atoms with Crippen LogP contribution in [-0.2, 0) is 0 Å². The first-order chi connectivity index (χ1) is 9.02. The predicted molar refractivity (Wildman–Crippen MR) is 72.0 cm³/mol. The molecule has 2 aromatic rings. The number of nitriles is 1. The summed E-state index contributed by atoms with van der Waals surface area (Å²) in [6, 6.07) is 9.14. The van der Waals surface area contributed by atoms with Gasteiger partial charge in [0.2, 0.25) is 0 Å². The molecular formula is C13H8ClN5. The maximum absolute atomic E-state index is 9.53. The van der Waals surface area contributed by atoms with E-state index in [4.69, 9.17) is 16.9 Å². The van der Waals surface area contributed by atoms with Gasteiger partial charge in [0.05, 0.1) is 5.69 Å². The van der Waals surface area contributed by atoms with Crippen LogP contribution in [0.3, 0.4) is 0 Å². The van der Waals surface area contributed by atoms with Crippen molar-refractivity contribution < 1.29 is 0 Å². The van der Waals surface area contributed by atoms with Gasteiger partial charge < -0.3 is 5.32 Å². The molecule has 0 aliphatic heterocycles. The van der Waals surface area contributed by atoms with Crippen molar-refractivity contribution in [1.82, 2.24) is 16.5 Å². The predicted octanol–water partition coefficient (Wildman–Crippen LogP) is 3.06. The third-order valence-electron chi connectivity index (χ3n) is 2.53. The number of nitrogens with one attached hydrogen (secondary N) is 1. The quantitative estimate of drug-likeness (QED) is 0.908. The van der Waals surface area contributed by atoms with Crippen LogP contribution in [0, 0.1) is 18.3 Å². The molecule has 1 aromatic heterocycles. The van der Waals surface area contributed by atoms with E-state index in [1.165, 1.54) is 0 Å². The van der Waals surface area contributed by atoms with Crippen LogP contribution in [-0.4, -0.2) is 4.98 Å². The summed E-state index contributed by atoms with van der Waals surface area (Å²) in [5, 5.41) is 11.8. The largest absolute Gasteiger partial charge is 0.353 e. The molecule has 0 atom stereocenters. The molecule has 0 amide bonds. The second kappa shape index (κ2) is 5.04. The summed E-state index contributed by atoms with van der Waals surface area (Å²) in [7, 11) is 0. The van der Waals surface area contributed by atoms with Crippen molar-refractivity contribution in [1.29, 1.82) is 5.26 Å². The number of halogens is 1. The van der Waals surface area contributed by atoms with Crippen molar-refractivity contribution in [2.75, 3.05) is 5.32 Å². The van der Waals surface area contributed by atoms with Gasteiger partial charge in [-0.3, -0.25) is 0 Å². The Labute approximate surface area is 115 Å². The number of aromatic nitrogens is 1. The number of anilines is 2. The molecule has 0 fully saturated rings. The number of hydrogen-bond acceptors (Lipinski definition) is 3. The second-order valence-corrected chi connectivity index (χ2v) is 4.30. The first kappa shape index (κ1) is 13.0. The van der Waals surface area contributed by atoms with Gasteiger partial charge in [0.15, 0.2) is 11.6 Å². The Morgan fingerprint density at radius 3 is 2.37 bits per heavy atom. The molecule has 1 heterocycles. The summed E-state index contributed by atoms with van der Waals surface area (Å²) in [6.07, 6.45) is 0. The fourth-order valence-corrected chi connectivity index (χ4v) is 1.73. The summed E-state index contributed by atoms with van der Waals surface area (Å²) in [5.74, 6) is -1.10. The van der Waals surface area contributed by atoms with Crippen molar-refractivity contribution >= 4 is 34.6 Å². The molecule has 0 unspecified atom stereocenters. The lowest BCUT2D eigenvalue weighted by atomic mass is 10.2. The first-order valence-electron chi connectivity index (χ1n) is 5.38. The van der Waals surface area contributed by atoms with Crippen LogP contribution in [0.2, 0.25) is 5.02 Å². The third-order valence-corrected chi connectivity index (χ3v) is 2.89. The van der Waals surface area contributed by atoms with Crippen molar-refractivity contribution in [3.05, 3.63) is 40.4 Å². The number of pyridine rings is 1. The van der Waals surface area contributed by atoms with Crippen molar-refractivity contribution in [2.45, 2.75) is 6.92 Å². The summed E-state index contributed by atoms with van der Waals surface area (Å²) in [4.78, 5) is 3.38. The first-order valence-corrected chi connectivity index (χ1v) is 5.76. The molecule has 0 aliphatic rings. The topological polar surface area (TPSA) is 93.3 Å². The molecule has 0 spiro atoms. The Morgan fingerprint density at radius 2 is 1.79 bits per heavy atom. The minimum absolute atomic E-state index is 0.116. The number of aryl methyl sites for hydroxylation is 1. The summed E-state index contributed by atoms with van der Waals surface area (Å²) in [6.45, 7) is 1.95. The molecule has 0 saturated heterocycles. The lowest BCUT2D eigenvalue weighted by molar-refractivity contribution is 1.19. The maximum atomic E-state index is 9.53. The average molecular weight is 270 g/mol.